The number of hydrogen-bond donors (Lipinski definition) is 2. The topological polar surface area (TPSA) is 121 Å². The molecule has 0 saturated carbocycles. The Bertz CT molecular complexity index is 975. The van der Waals surface area contributed by atoms with Crippen molar-refractivity contribution in [2.24, 2.45) is 0 Å². The predicted molar refractivity (Wildman–Crippen MR) is 140 cm³/mol. The van der Waals surface area contributed by atoms with Gasteiger partial charge < -0.3 is 20.4 Å². The van der Waals surface area contributed by atoms with Gasteiger partial charge in [-0.2, -0.15) is 0 Å². The summed E-state index contributed by atoms with van der Waals surface area (Å²) >= 11 is 0. The fraction of sp³-hybridized carbons (Fsp3) is 0.533. The fourth-order valence-electron chi connectivity index (χ4n) is 3.73. The third-order valence-electron chi connectivity index (χ3n) is 5.90. The van der Waals surface area contributed by atoms with Crippen molar-refractivity contribution in [2.45, 2.75) is 105 Å². The van der Waals surface area contributed by atoms with Crippen LogP contribution in [0.1, 0.15) is 126 Å². The zero-order valence-corrected chi connectivity index (χ0v) is 25.1. The number of carboxylic acids is 2. The van der Waals surface area contributed by atoms with Gasteiger partial charge in [-0.1, -0.05) is 83.1 Å². The second-order valence-corrected chi connectivity index (χ2v) is 13.4. The van der Waals surface area contributed by atoms with E-state index >= 15 is 0 Å². The van der Waals surface area contributed by atoms with Crippen molar-refractivity contribution >= 4 is 11.9 Å². The Kier molecular flexibility index (Phi) is 10.7. The first-order valence-electron chi connectivity index (χ1n) is 12.1. The van der Waals surface area contributed by atoms with Gasteiger partial charge in [0.15, 0.2) is 0 Å². The van der Waals surface area contributed by atoms with Gasteiger partial charge in [-0.05, 0) is 68.2 Å². The first-order chi connectivity index (χ1) is 15.9. The largest absolute Gasteiger partial charge is 2.00 e. The van der Waals surface area contributed by atoms with Crippen LogP contribution in [0.5, 0.6) is 11.5 Å². The molecule has 2 rings (SSSR count). The van der Waals surface area contributed by atoms with E-state index in [-0.39, 0.29) is 60.8 Å². The van der Waals surface area contributed by atoms with Gasteiger partial charge in [-0.25, -0.2) is 9.59 Å². The van der Waals surface area contributed by atoms with E-state index in [9.17, 15) is 19.8 Å². The zero-order valence-electron chi connectivity index (χ0n) is 24.2. The van der Waals surface area contributed by atoms with Crippen molar-refractivity contribution in [2.75, 3.05) is 0 Å². The maximum absolute atomic E-state index is 12.4. The molecule has 0 unspecified atom stereocenters. The van der Waals surface area contributed by atoms with Crippen molar-refractivity contribution in [3.05, 3.63) is 57.6 Å². The number of rotatable bonds is 2. The average molecular weight is 557 g/mol. The summed E-state index contributed by atoms with van der Waals surface area (Å²) in [5.74, 6) is -2.07. The van der Waals surface area contributed by atoms with E-state index in [1.54, 1.807) is 0 Å². The van der Waals surface area contributed by atoms with E-state index in [0.717, 1.165) is 0 Å². The quantitative estimate of drug-likeness (QED) is 0.431. The van der Waals surface area contributed by atoms with E-state index in [2.05, 4.69) is 0 Å². The Hall–Kier alpha value is -2.53. The number of hydrogen-bond acceptors (Lipinski definition) is 4. The average Bonchev–Trinajstić information content (AvgIpc) is 2.64. The van der Waals surface area contributed by atoms with Gasteiger partial charge in [0.1, 0.15) is 0 Å². The first-order valence-corrected chi connectivity index (χ1v) is 12.1. The molecule has 0 spiro atoms. The monoisotopic (exact) mass is 556 g/mol. The van der Waals surface area contributed by atoms with Gasteiger partial charge in [-0.3, -0.25) is 0 Å². The van der Waals surface area contributed by atoms with Crippen LogP contribution in [-0.4, -0.2) is 22.2 Å². The van der Waals surface area contributed by atoms with E-state index in [4.69, 9.17) is 10.2 Å². The summed E-state index contributed by atoms with van der Waals surface area (Å²) in [6, 6.07) is 6.00. The molecular weight excluding hydrogens is 515 g/mol. The molecule has 0 aliphatic carbocycles. The Labute approximate surface area is 232 Å². The van der Waals surface area contributed by atoms with Crippen LogP contribution in [0.3, 0.4) is 0 Å². The van der Waals surface area contributed by atoms with E-state index < -0.39 is 11.9 Å². The molecule has 0 aliphatic heterocycles. The van der Waals surface area contributed by atoms with Gasteiger partial charge in [0.05, 0.1) is 11.1 Å². The van der Waals surface area contributed by atoms with Crippen molar-refractivity contribution in [1.82, 2.24) is 0 Å². The van der Waals surface area contributed by atoms with Crippen molar-refractivity contribution in [3.63, 3.8) is 0 Å². The number of carboxylic acid groups (broad SMARTS) is 2. The van der Waals surface area contributed by atoms with Crippen LogP contribution in [0.25, 0.3) is 0 Å². The molecular formula is C30H42NiO6. The molecule has 0 saturated heterocycles. The molecule has 37 heavy (non-hydrogen) atoms. The SMILES string of the molecule is CC(C)(C)c1cc(C(=O)O)cc(C(C)(C)C)c1[O-].CC(C)(C)c1cc(C(=O)O)cc(C(C)(C)C)c1[O-].[Ni+2]. The minimum atomic E-state index is -0.994. The van der Waals surface area contributed by atoms with E-state index in [1.165, 1.54) is 24.3 Å². The Morgan fingerprint density at radius 3 is 0.784 bits per heavy atom. The number of benzene rings is 2. The summed E-state index contributed by atoms with van der Waals surface area (Å²) in [7, 11) is 0. The second kappa shape index (κ2) is 11.5. The second-order valence-electron chi connectivity index (χ2n) is 13.4. The van der Waals surface area contributed by atoms with Crippen LogP contribution in [0.2, 0.25) is 0 Å². The third kappa shape index (κ3) is 8.77. The Morgan fingerprint density at radius 2 is 0.676 bits per heavy atom. The molecule has 0 aromatic heterocycles. The molecule has 2 N–H and O–H groups in total. The normalized spacial score (nSPS) is 12.2. The van der Waals surface area contributed by atoms with Gasteiger partial charge >= 0.3 is 28.4 Å². The van der Waals surface area contributed by atoms with Gasteiger partial charge in [0.25, 0.3) is 0 Å². The molecule has 2 aromatic rings. The molecule has 0 radical (unpaired) electrons. The maximum Gasteiger partial charge on any atom is 2.00 e. The smallest absolute Gasteiger partial charge is 0.872 e. The first kappa shape index (κ1) is 34.5. The minimum Gasteiger partial charge on any atom is -0.872 e. The predicted octanol–water partition coefficient (Wildman–Crippen LogP) is 6.10. The number of carbonyl (C=O) groups is 2. The van der Waals surface area contributed by atoms with Crippen molar-refractivity contribution in [1.29, 1.82) is 0 Å². The van der Waals surface area contributed by atoms with Crippen LogP contribution < -0.4 is 10.2 Å². The molecule has 2 aromatic carbocycles. The molecule has 0 fully saturated rings. The van der Waals surface area contributed by atoms with Crippen LogP contribution >= 0.6 is 0 Å². The molecule has 0 bridgehead atoms. The van der Waals surface area contributed by atoms with Crippen molar-refractivity contribution in [3.8, 4) is 11.5 Å². The molecule has 7 heteroatoms. The molecule has 0 aliphatic rings. The van der Waals surface area contributed by atoms with Crippen LogP contribution in [0, 0.1) is 0 Å². The van der Waals surface area contributed by atoms with E-state index in [1.807, 2.05) is 83.1 Å². The molecule has 6 nitrogen and oxygen atoms in total. The Morgan fingerprint density at radius 1 is 0.514 bits per heavy atom. The summed E-state index contributed by atoms with van der Waals surface area (Å²) in [6.45, 7) is 23.0. The van der Waals surface area contributed by atoms with Crippen LogP contribution in [0.4, 0.5) is 0 Å². The summed E-state index contributed by atoms with van der Waals surface area (Å²) in [6.07, 6.45) is 0. The van der Waals surface area contributed by atoms with Crippen LogP contribution in [0.15, 0.2) is 24.3 Å². The molecule has 0 heterocycles. The summed E-state index contributed by atoms with van der Waals surface area (Å²) in [5, 5.41) is 43.2. The molecule has 0 atom stereocenters. The summed E-state index contributed by atoms with van der Waals surface area (Å²) in [5.41, 5.74) is 1.18. The summed E-state index contributed by atoms with van der Waals surface area (Å²) in [4.78, 5) is 22.3. The number of aromatic carboxylic acids is 2. The third-order valence-corrected chi connectivity index (χ3v) is 5.90. The van der Waals surface area contributed by atoms with Gasteiger partial charge in [-0.15, -0.1) is 11.5 Å². The minimum absolute atomic E-state index is 0. The van der Waals surface area contributed by atoms with Gasteiger partial charge in [0, 0.05) is 0 Å². The zero-order chi connectivity index (χ0) is 28.6. The fourth-order valence-corrected chi connectivity index (χ4v) is 3.73. The van der Waals surface area contributed by atoms with Crippen molar-refractivity contribution < 1.29 is 46.5 Å². The Balaban J connectivity index is 0.000000682. The van der Waals surface area contributed by atoms with Crippen LogP contribution in [-0.2, 0) is 38.2 Å². The standard InChI is InChI=1S/2C15H22O3.Ni/c2*1-14(2,3)10-7-9(13(17)18)8-11(12(10)16)15(4,5)6;/h2*7-8,16H,1-6H3,(H,17,18);/q;;+2/p-2. The molecule has 208 valence electrons. The molecule has 0 amide bonds. The van der Waals surface area contributed by atoms with Gasteiger partial charge in [0.2, 0.25) is 0 Å². The summed E-state index contributed by atoms with van der Waals surface area (Å²) < 4.78 is 0. The van der Waals surface area contributed by atoms with E-state index in [0.29, 0.717) is 22.3 Å². The maximum atomic E-state index is 12.4.